The molecule has 0 radical (unpaired) electrons. The van der Waals surface area contributed by atoms with Crippen LogP contribution in [0.3, 0.4) is 0 Å². The lowest BCUT2D eigenvalue weighted by Gasteiger charge is -2.03. The van der Waals surface area contributed by atoms with Gasteiger partial charge in [-0.05, 0) is 45.5 Å². The number of hydrogen-bond acceptors (Lipinski definition) is 2. The topological polar surface area (TPSA) is 0 Å². The van der Waals surface area contributed by atoms with E-state index in [1.54, 1.807) is 0 Å². The Hall–Kier alpha value is -4.50. The summed E-state index contributed by atoms with van der Waals surface area (Å²) in [6.45, 7) is 0. The molecule has 0 aliphatic heterocycles. The normalized spacial score (nSPS) is 11.5. The number of hydrogen-bond donors (Lipinski definition) is 0. The zero-order valence-corrected chi connectivity index (χ0v) is 23.3. The van der Waals surface area contributed by atoms with Crippen LogP contribution in [0.1, 0.15) is 0 Å². The Bertz CT molecular complexity index is 1960. The van der Waals surface area contributed by atoms with Crippen molar-refractivity contribution in [1.29, 1.82) is 0 Å². The van der Waals surface area contributed by atoms with Crippen LogP contribution < -0.4 is 0 Å². The summed E-state index contributed by atoms with van der Waals surface area (Å²) in [4.78, 5) is 2.62. The van der Waals surface area contributed by atoms with Crippen LogP contribution in [0.2, 0.25) is 0 Å². The summed E-state index contributed by atoms with van der Waals surface area (Å²) in [6.07, 6.45) is 0. The van der Waals surface area contributed by atoms with Gasteiger partial charge in [-0.25, -0.2) is 0 Å². The smallest absolute Gasteiger partial charge is 0.0434 e. The zero-order valence-electron chi connectivity index (χ0n) is 21.7. The zero-order chi connectivity index (χ0) is 26.5. The van der Waals surface area contributed by atoms with E-state index >= 15 is 0 Å². The molecule has 0 N–H and O–H groups in total. The van der Waals surface area contributed by atoms with E-state index in [9.17, 15) is 0 Å². The second kappa shape index (κ2) is 9.60. The van der Waals surface area contributed by atoms with Gasteiger partial charge in [-0.3, -0.25) is 0 Å². The van der Waals surface area contributed by atoms with Crippen LogP contribution in [0, 0.1) is 0 Å². The van der Waals surface area contributed by atoms with Gasteiger partial charge in [-0.2, -0.15) is 0 Å². The van der Waals surface area contributed by atoms with E-state index in [0.717, 1.165) is 0 Å². The lowest BCUT2D eigenvalue weighted by molar-refractivity contribution is 1.62. The maximum Gasteiger partial charge on any atom is 0.0434 e. The summed E-state index contributed by atoms with van der Waals surface area (Å²) in [5, 5.41) is 5.39. The number of thiophene rings is 2. The maximum absolute atomic E-state index is 2.40. The Balaban J connectivity index is 1.25. The van der Waals surface area contributed by atoms with E-state index in [1.807, 2.05) is 22.7 Å². The first-order chi connectivity index (χ1) is 19.8. The Labute approximate surface area is 241 Å². The van der Waals surface area contributed by atoms with Crippen LogP contribution in [0.5, 0.6) is 0 Å². The molecule has 0 saturated carbocycles. The SMILES string of the molecule is c1ccc(-c2ccc(-c3cc4c5cc(-c6ccc(-c7ccccc7)cc6)sc5c5ccccc5c4s3)cc2)cc1. The van der Waals surface area contributed by atoms with Crippen molar-refractivity contribution in [3.05, 3.63) is 146 Å². The first kappa shape index (κ1) is 23.4. The van der Waals surface area contributed by atoms with Gasteiger partial charge in [0.25, 0.3) is 0 Å². The predicted molar refractivity (Wildman–Crippen MR) is 176 cm³/mol. The molecule has 0 aliphatic carbocycles. The first-order valence-corrected chi connectivity index (χ1v) is 15.1. The van der Waals surface area contributed by atoms with Gasteiger partial charge in [0.05, 0.1) is 0 Å². The van der Waals surface area contributed by atoms with E-state index < -0.39 is 0 Å². The molecule has 0 unspecified atom stereocenters. The standard InChI is InChI=1S/C38H24S2/c1-3-9-25(10-4-1)27-15-19-29(20-16-27)35-23-33-34-24-36(30-21-17-28(18-22-30)26-11-5-2-6-12-26)40-38(34)32-14-8-7-13-31(32)37(33)39-35/h1-24H. The van der Waals surface area contributed by atoms with E-state index in [-0.39, 0.29) is 0 Å². The molecule has 2 heterocycles. The highest BCUT2D eigenvalue weighted by molar-refractivity contribution is 7.25. The van der Waals surface area contributed by atoms with Crippen molar-refractivity contribution in [3.8, 4) is 43.1 Å². The molecule has 0 atom stereocenters. The van der Waals surface area contributed by atoms with Crippen LogP contribution in [-0.2, 0) is 0 Å². The molecule has 0 aliphatic rings. The Morgan fingerprint density at radius 2 is 0.600 bits per heavy atom. The van der Waals surface area contributed by atoms with Crippen LogP contribution in [0.4, 0.5) is 0 Å². The molecular weight excluding hydrogens is 521 g/mol. The fraction of sp³-hybridized carbons (Fsp3) is 0. The van der Waals surface area contributed by atoms with Gasteiger partial charge in [0.15, 0.2) is 0 Å². The molecule has 8 rings (SSSR count). The fourth-order valence-corrected chi connectivity index (χ4v) is 8.10. The average molecular weight is 545 g/mol. The van der Waals surface area contributed by atoms with Gasteiger partial charge >= 0.3 is 0 Å². The molecule has 0 bridgehead atoms. The summed E-state index contributed by atoms with van der Waals surface area (Å²) in [7, 11) is 0. The summed E-state index contributed by atoms with van der Waals surface area (Å²) in [5.74, 6) is 0. The van der Waals surface area contributed by atoms with Gasteiger partial charge in [0.1, 0.15) is 0 Å². The maximum atomic E-state index is 2.40. The van der Waals surface area contributed by atoms with Crippen LogP contribution in [0.15, 0.2) is 146 Å². The van der Waals surface area contributed by atoms with Gasteiger partial charge in [-0.1, -0.05) is 133 Å². The molecular formula is C38H24S2. The second-order valence-electron chi connectivity index (χ2n) is 10.1. The molecule has 0 saturated heterocycles. The molecule has 0 spiro atoms. The van der Waals surface area contributed by atoms with E-state index in [0.29, 0.717) is 0 Å². The molecule has 6 aromatic carbocycles. The highest BCUT2D eigenvalue weighted by Crippen LogP contribution is 2.47. The van der Waals surface area contributed by atoms with E-state index in [4.69, 9.17) is 0 Å². The summed E-state index contributed by atoms with van der Waals surface area (Å²) in [6, 6.07) is 52.9. The average Bonchev–Trinajstić information content (AvgIpc) is 3.68. The highest BCUT2D eigenvalue weighted by atomic mass is 32.1. The number of fused-ring (bicyclic) bond motifs is 6. The van der Waals surface area contributed by atoms with Crippen molar-refractivity contribution >= 4 is 53.6 Å². The monoisotopic (exact) mass is 544 g/mol. The van der Waals surface area contributed by atoms with Crippen molar-refractivity contribution in [1.82, 2.24) is 0 Å². The minimum Gasteiger partial charge on any atom is -0.135 e. The Morgan fingerprint density at radius 3 is 1.00 bits per heavy atom. The molecule has 0 fully saturated rings. The minimum absolute atomic E-state index is 1.25. The quantitative estimate of drug-likeness (QED) is 0.207. The molecule has 188 valence electrons. The predicted octanol–water partition coefficient (Wildman–Crippen LogP) is 11.9. The lowest BCUT2D eigenvalue weighted by Crippen LogP contribution is -1.77. The lowest BCUT2D eigenvalue weighted by atomic mass is 10.0. The first-order valence-electron chi connectivity index (χ1n) is 13.5. The largest absolute Gasteiger partial charge is 0.135 e. The van der Waals surface area contributed by atoms with Gasteiger partial charge in [0, 0.05) is 40.7 Å². The van der Waals surface area contributed by atoms with E-state index in [2.05, 4.69) is 146 Å². The fourth-order valence-electron chi connectivity index (χ4n) is 5.66. The van der Waals surface area contributed by atoms with Crippen LogP contribution in [0.25, 0.3) is 74.1 Å². The second-order valence-corrected chi connectivity index (χ2v) is 12.2. The summed E-state index contributed by atoms with van der Waals surface area (Å²) >= 11 is 3.81. The van der Waals surface area contributed by atoms with Gasteiger partial charge in [0.2, 0.25) is 0 Å². The molecule has 40 heavy (non-hydrogen) atoms. The van der Waals surface area contributed by atoms with Gasteiger partial charge in [-0.15, -0.1) is 22.7 Å². The summed E-state index contributed by atoms with van der Waals surface area (Å²) in [5.41, 5.74) is 7.54. The molecule has 0 amide bonds. The number of benzene rings is 6. The minimum atomic E-state index is 1.25. The van der Waals surface area contributed by atoms with Crippen molar-refractivity contribution in [3.63, 3.8) is 0 Å². The van der Waals surface area contributed by atoms with Crippen LogP contribution >= 0.6 is 22.7 Å². The third-order valence-corrected chi connectivity index (χ3v) is 10.2. The summed E-state index contributed by atoms with van der Waals surface area (Å²) < 4.78 is 2.74. The Kier molecular flexibility index (Phi) is 5.62. The van der Waals surface area contributed by atoms with Gasteiger partial charge < -0.3 is 0 Å². The van der Waals surface area contributed by atoms with Crippen molar-refractivity contribution < 1.29 is 0 Å². The highest BCUT2D eigenvalue weighted by Gasteiger charge is 2.16. The third-order valence-electron chi connectivity index (χ3n) is 7.72. The third kappa shape index (κ3) is 3.96. The molecule has 0 nitrogen and oxygen atoms in total. The molecule has 2 aromatic heterocycles. The van der Waals surface area contributed by atoms with E-state index in [1.165, 1.54) is 74.1 Å². The van der Waals surface area contributed by atoms with Crippen molar-refractivity contribution in [2.75, 3.05) is 0 Å². The molecule has 2 heteroatoms. The van der Waals surface area contributed by atoms with Crippen molar-refractivity contribution in [2.45, 2.75) is 0 Å². The number of rotatable bonds is 4. The Morgan fingerprint density at radius 1 is 0.275 bits per heavy atom. The molecule has 8 aromatic rings. The van der Waals surface area contributed by atoms with Crippen molar-refractivity contribution in [2.24, 2.45) is 0 Å². The van der Waals surface area contributed by atoms with Crippen LogP contribution in [-0.4, -0.2) is 0 Å².